The van der Waals surface area contributed by atoms with E-state index >= 15 is 0 Å². The van der Waals surface area contributed by atoms with Crippen molar-refractivity contribution in [2.24, 2.45) is 0 Å². The number of nitrogens with one attached hydrogen (secondary N) is 2. The number of hydrogen-bond acceptors (Lipinski definition) is 5. The second-order valence-corrected chi connectivity index (χ2v) is 5.94. The molecule has 9 heteroatoms. The minimum absolute atomic E-state index is 0.0789. The van der Waals surface area contributed by atoms with Crippen molar-refractivity contribution in [3.63, 3.8) is 0 Å². The molecule has 0 aliphatic heterocycles. The summed E-state index contributed by atoms with van der Waals surface area (Å²) < 4.78 is 37.8. The Morgan fingerprint density at radius 3 is 2.33 bits per heavy atom. The number of amides is 1. The van der Waals surface area contributed by atoms with E-state index in [1.54, 1.807) is 13.0 Å². The molecule has 2 aromatic carbocycles. The molecule has 1 atom stereocenters. The Morgan fingerprint density at radius 2 is 1.73 bits per heavy atom. The lowest BCUT2D eigenvalue weighted by Gasteiger charge is -2.15. The molecule has 3 aromatic rings. The van der Waals surface area contributed by atoms with Crippen LogP contribution >= 0.6 is 0 Å². The number of carbonyl (C=O) groups is 1. The summed E-state index contributed by atoms with van der Waals surface area (Å²) in [6, 6.07) is 8.61. The van der Waals surface area contributed by atoms with Gasteiger partial charge in [-0.1, -0.05) is 13.8 Å². The van der Waals surface area contributed by atoms with Crippen LogP contribution in [0.1, 0.15) is 31.1 Å². The number of nitrogens with zero attached hydrogens (tertiary/aromatic N) is 1. The number of benzene rings is 2. The Balaban J connectivity index is 0.00000155. The Kier molecular flexibility index (Phi) is 8.30. The molecule has 0 spiro atoms. The summed E-state index contributed by atoms with van der Waals surface area (Å²) in [5, 5.41) is 18.1. The van der Waals surface area contributed by atoms with Gasteiger partial charge >= 0.3 is 0 Å². The summed E-state index contributed by atoms with van der Waals surface area (Å²) in [6.07, 6.45) is 0.941. The van der Waals surface area contributed by atoms with Crippen LogP contribution in [0.3, 0.4) is 0 Å². The number of anilines is 1. The first-order valence-corrected chi connectivity index (χ1v) is 9.30. The van der Waals surface area contributed by atoms with Gasteiger partial charge in [0, 0.05) is 35.9 Å². The average Bonchev–Trinajstić information content (AvgIpc) is 3.21. The summed E-state index contributed by atoms with van der Waals surface area (Å²) >= 11 is 0. The molecule has 160 valence electrons. The SMILES string of the molecule is CC.C[C@@H](CO)Oc1cc(Oc2cc(F)cc(F)c2)cc(C(=O)Nc2ccn[nH]2)c1. The molecule has 3 N–H and O–H groups in total. The molecule has 0 bridgehead atoms. The van der Waals surface area contributed by atoms with Crippen molar-refractivity contribution < 1.29 is 28.2 Å². The molecule has 0 aliphatic carbocycles. The zero-order chi connectivity index (χ0) is 22.1. The first-order chi connectivity index (χ1) is 14.4. The van der Waals surface area contributed by atoms with E-state index in [-0.39, 0.29) is 29.4 Å². The Morgan fingerprint density at radius 1 is 1.10 bits per heavy atom. The highest BCUT2D eigenvalue weighted by Gasteiger charge is 2.14. The van der Waals surface area contributed by atoms with Crippen LogP contribution in [-0.2, 0) is 0 Å². The van der Waals surface area contributed by atoms with Gasteiger partial charge in [0.15, 0.2) is 0 Å². The topological polar surface area (TPSA) is 96.5 Å². The van der Waals surface area contributed by atoms with Crippen LogP contribution in [0, 0.1) is 11.6 Å². The van der Waals surface area contributed by atoms with Crippen molar-refractivity contribution in [2.75, 3.05) is 11.9 Å². The fourth-order valence-corrected chi connectivity index (χ4v) is 2.34. The third-order valence-electron chi connectivity index (χ3n) is 3.56. The molecule has 1 amide bonds. The summed E-state index contributed by atoms with van der Waals surface area (Å²) in [6.45, 7) is 5.40. The molecule has 0 saturated heterocycles. The van der Waals surface area contributed by atoms with Gasteiger partial charge in [0.1, 0.15) is 40.8 Å². The van der Waals surface area contributed by atoms with Gasteiger partial charge in [-0.05, 0) is 19.1 Å². The van der Waals surface area contributed by atoms with E-state index in [0.29, 0.717) is 5.82 Å². The summed E-state index contributed by atoms with van der Waals surface area (Å²) in [5.74, 6) is -1.41. The van der Waals surface area contributed by atoms with Crippen LogP contribution in [0.4, 0.5) is 14.6 Å². The summed E-state index contributed by atoms with van der Waals surface area (Å²) in [5.41, 5.74) is 0.170. The maximum Gasteiger partial charge on any atom is 0.257 e. The van der Waals surface area contributed by atoms with Gasteiger partial charge in [-0.25, -0.2) is 8.78 Å². The van der Waals surface area contributed by atoms with Gasteiger partial charge in [0.25, 0.3) is 5.91 Å². The molecule has 30 heavy (non-hydrogen) atoms. The number of rotatable bonds is 7. The third-order valence-corrected chi connectivity index (χ3v) is 3.56. The summed E-state index contributed by atoms with van der Waals surface area (Å²) in [4.78, 5) is 12.5. The largest absolute Gasteiger partial charge is 0.488 e. The highest BCUT2D eigenvalue weighted by molar-refractivity contribution is 6.04. The lowest BCUT2D eigenvalue weighted by molar-refractivity contribution is 0.102. The van der Waals surface area contributed by atoms with E-state index in [1.807, 2.05) is 13.8 Å². The molecule has 0 unspecified atom stereocenters. The van der Waals surface area contributed by atoms with E-state index < -0.39 is 23.6 Å². The van der Waals surface area contributed by atoms with Crippen LogP contribution in [0.2, 0.25) is 0 Å². The normalized spacial score (nSPS) is 11.1. The highest BCUT2D eigenvalue weighted by atomic mass is 19.1. The standard InChI is InChI=1S/C19H17F2N3O4.C2H6/c1-11(10-25)27-15-4-12(19(26)23-18-2-3-22-24-18)5-16(9-15)28-17-7-13(20)6-14(21)8-17;1-2/h2-9,11,25H,10H2,1H3,(H2,22,23,24,26);1-2H3/t11-;/m0./s1. The monoisotopic (exact) mass is 419 g/mol. The van der Waals surface area contributed by atoms with Crippen molar-refractivity contribution >= 4 is 11.7 Å². The first-order valence-electron chi connectivity index (χ1n) is 9.30. The van der Waals surface area contributed by atoms with Crippen LogP contribution in [0.15, 0.2) is 48.7 Å². The number of aliphatic hydroxyl groups is 1. The van der Waals surface area contributed by atoms with Crippen LogP contribution in [0.5, 0.6) is 17.2 Å². The lowest BCUT2D eigenvalue weighted by Crippen LogP contribution is -2.17. The second-order valence-electron chi connectivity index (χ2n) is 5.94. The predicted octanol–water partition coefficient (Wildman–Crippen LogP) is 4.52. The number of ether oxygens (including phenoxy) is 2. The zero-order valence-corrected chi connectivity index (χ0v) is 16.8. The van der Waals surface area contributed by atoms with Crippen molar-refractivity contribution in [3.05, 3.63) is 65.9 Å². The molecule has 3 rings (SSSR count). The third kappa shape index (κ3) is 6.56. The highest BCUT2D eigenvalue weighted by Crippen LogP contribution is 2.29. The van der Waals surface area contributed by atoms with Gasteiger partial charge in [-0.15, -0.1) is 0 Å². The molecule has 0 saturated carbocycles. The Hall–Kier alpha value is -3.46. The number of aromatic nitrogens is 2. The van der Waals surface area contributed by atoms with Gasteiger partial charge < -0.3 is 19.9 Å². The lowest BCUT2D eigenvalue weighted by atomic mass is 10.2. The quantitative estimate of drug-likeness (QED) is 0.523. The molecule has 1 aromatic heterocycles. The van der Waals surface area contributed by atoms with E-state index in [9.17, 15) is 18.7 Å². The smallest absolute Gasteiger partial charge is 0.257 e. The number of carbonyl (C=O) groups excluding carboxylic acids is 1. The minimum Gasteiger partial charge on any atom is -0.488 e. The molecule has 1 heterocycles. The molecule has 0 radical (unpaired) electrons. The van der Waals surface area contributed by atoms with Crippen LogP contribution in [-0.4, -0.2) is 33.9 Å². The number of halogens is 2. The van der Waals surface area contributed by atoms with Crippen molar-refractivity contribution in [1.82, 2.24) is 10.2 Å². The Bertz CT molecular complexity index is 945. The number of aliphatic hydroxyl groups excluding tert-OH is 1. The van der Waals surface area contributed by atoms with Crippen molar-refractivity contribution in [1.29, 1.82) is 0 Å². The Labute approximate surface area is 172 Å². The molecule has 7 nitrogen and oxygen atoms in total. The van der Waals surface area contributed by atoms with E-state index in [0.717, 1.165) is 18.2 Å². The predicted molar refractivity (Wildman–Crippen MR) is 108 cm³/mol. The van der Waals surface area contributed by atoms with Gasteiger partial charge in [-0.2, -0.15) is 5.10 Å². The fourth-order valence-electron chi connectivity index (χ4n) is 2.34. The molecular formula is C21H23F2N3O4. The molecule has 0 aliphatic rings. The average molecular weight is 419 g/mol. The van der Waals surface area contributed by atoms with Crippen molar-refractivity contribution in [3.8, 4) is 17.2 Å². The zero-order valence-electron chi connectivity index (χ0n) is 16.8. The van der Waals surface area contributed by atoms with Gasteiger partial charge in [-0.3, -0.25) is 9.89 Å². The second kappa shape index (κ2) is 10.9. The van der Waals surface area contributed by atoms with Crippen LogP contribution < -0.4 is 14.8 Å². The summed E-state index contributed by atoms with van der Waals surface area (Å²) in [7, 11) is 0. The molecule has 0 fully saturated rings. The first kappa shape index (κ1) is 22.8. The van der Waals surface area contributed by atoms with Gasteiger partial charge in [0.05, 0.1) is 12.8 Å². The van der Waals surface area contributed by atoms with E-state index in [2.05, 4.69) is 15.5 Å². The maximum absolute atomic E-state index is 13.4. The van der Waals surface area contributed by atoms with Crippen LogP contribution in [0.25, 0.3) is 0 Å². The van der Waals surface area contributed by atoms with E-state index in [4.69, 9.17) is 9.47 Å². The van der Waals surface area contributed by atoms with E-state index in [1.165, 1.54) is 24.4 Å². The minimum atomic E-state index is -0.798. The van der Waals surface area contributed by atoms with Gasteiger partial charge in [0.2, 0.25) is 0 Å². The molecular weight excluding hydrogens is 396 g/mol. The number of hydrogen-bond donors (Lipinski definition) is 3. The number of H-pyrrole nitrogens is 1. The fraction of sp³-hybridized carbons (Fsp3) is 0.238. The maximum atomic E-state index is 13.4. The number of aromatic amines is 1. The van der Waals surface area contributed by atoms with Crippen molar-refractivity contribution in [2.45, 2.75) is 26.9 Å².